The molecule has 0 unspecified atom stereocenters. The van der Waals surface area contributed by atoms with Crippen LogP contribution in [0.1, 0.15) is 18.4 Å². The van der Waals surface area contributed by atoms with Gasteiger partial charge < -0.3 is 20.4 Å². The first-order chi connectivity index (χ1) is 12.5. The van der Waals surface area contributed by atoms with E-state index in [0.717, 1.165) is 24.2 Å². The number of carbonyl (C=O) groups excluding carboxylic acids is 2. The average molecular weight is 485 g/mol. The van der Waals surface area contributed by atoms with Gasteiger partial charge in [0.15, 0.2) is 5.96 Å². The van der Waals surface area contributed by atoms with Crippen molar-refractivity contribution in [3.05, 3.63) is 42.5 Å². The number of likely N-dealkylation sites (N-methyl/N-ethyl adjacent to an activating group) is 1. The number of hydrogen-bond acceptors (Lipinski definition) is 3. The summed E-state index contributed by atoms with van der Waals surface area (Å²) >= 11 is 0. The summed E-state index contributed by atoms with van der Waals surface area (Å²) < 4.78 is 0. The van der Waals surface area contributed by atoms with Gasteiger partial charge in [-0.2, -0.15) is 0 Å². The van der Waals surface area contributed by atoms with E-state index in [4.69, 9.17) is 0 Å². The molecule has 0 radical (unpaired) electrons. The van der Waals surface area contributed by atoms with Gasteiger partial charge in [-0.3, -0.25) is 9.59 Å². The van der Waals surface area contributed by atoms with Crippen LogP contribution in [0.4, 0.5) is 5.69 Å². The molecule has 0 aromatic heterocycles. The smallest absolute Gasteiger partial charge is 0.241 e. The Kier molecular flexibility index (Phi) is 9.84. The van der Waals surface area contributed by atoms with Crippen LogP contribution in [0.15, 0.2) is 41.9 Å². The van der Waals surface area contributed by atoms with E-state index in [1.165, 1.54) is 4.90 Å². The average Bonchev–Trinajstić information content (AvgIpc) is 3.07. The third kappa shape index (κ3) is 7.20. The summed E-state index contributed by atoms with van der Waals surface area (Å²) in [5, 5.41) is 6.11. The van der Waals surface area contributed by atoms with Gasteiger partial charge in [0.05, 0.1) is 13.1 Å². The highest BCUT2D eigenvalue weighted by Gasteiger charge is 2.21. The van der Waals surface area contributed by atoms with Gasteiger partial charge in [0.25, 0.3) is 0 Å². The van der Waals surface area contributed by atoms with Gasteiger partial charge in [0, 0.05) is 39.3 Å². The molecular formula is C19H28IN5O2. The van der Waals surface area contributed by atoms with Crippen molar-refractivity contribution in [2.75, 3.05) is 38.6 Å². The van der Waals surface area contributed by atoms with Crippen LogP contribution in [0.5, 0.6) is 0 Å². The monoisotopic (exact) mass is 485 g/mol. The fraction of sp³-hybridized carbons (Fsp3) is 0.421. The van der Waals surface area contributed by atoms with Crippen LogP contribution in [0.3, 0.4) is 0 Å². The lowest BCUT2D eigenvalue weighted by Crippen LogP contribution is -2.43. The normalized spacial score (nSPS) is 13.8. The predicted octanol–water partition coefficient (Wildman–Crippen LogP) is 1.74. The lowest BCUT2D eigenvalue weighted by atomic mass is 10.2. The minimum atomic E-state index is -0.0299. The Morgan fingerprint density at radius 3 is 2.56 bits per heavy atom. The Balaban J connectivity index is 0.00000364. The lowest BCUT2D eigenvalue weighted by Gasteiger charge is -2.16. The first kappa shape index (κ1) is 22.9. The number of amides is 2. The van der Waals surface area contributed by atoms with Crippen LogP contribution >= 0.6 is 24.0 Å². The second-order valence-corrected chi connectivity index (χ2v) is 6.29. The van der Waals surface area contributed by atoms with Gasteiger partial charge in [-0.1, -0.05) is 18.2 Å². The van der Waals surface area contributed by atoms with E-state index in [2.05, 4.69) is 22.2 Å². The quantitative estimate of drug-likeness (QED) is 0.267. The molecule has 148 valence electrons. The molecule has 1 saturated heterocycles. The standard InChI is InChI=1S/C19H27N5O2.HI/c1-4-11-20-19(22-14-18(26)23(2)3)21-13-15-7-9-16(10-8-15)24-12-5-6-17(24)25;/h4,7-10H,1,5-6,11-14H2,2-3H3,(H2,20,21,22);1H. The summed E-state index contributed by atoms with van der Waals surface area (Å²) in [5.74, 6) is 0.707. The van der Waals surface area contributed by atoms with Gasteiger partial charge in [-0.25, -0.2) is 4.99 Å². The topological polar surface area (TPSA) is 77.0 Å². The first-order valence-corrected chi connectivity index (χ1v) is 8.74. The molecule has 0 saturated carbocycles. The Labute approximate surface area is 177 Å². The number of aliphatic imine (C=N–C) groups is 1. The third-order valence-corrected chi connectivity index (χ3v) is 4.06. The SMILES string of the molecule is C=CCNC(=NCc1ccc(N2CCCC2=O)cc1)NCC(=O)N(C)C.I. The fourth-order valence-electron chi connectivity index (χ4n) is 2.53. The van der Waals surface area contributed by atoms with E-state index in [9.17, 15) is 9.59 Å². The van der Waals surface area contributed by atoms with Gasteiger partial charge in [0.1, 0.15) is 0 Å². The maximum atomic E-state index is 11.8. The van der Waals surface area contributed by atoms with Crippen LogP contribution in [0.2, 0.25) is 0 Å². The Bertz CT molecular complexity index is 673. The maximum Gasteiger partial charge on any atom is 0.241 e. The summed E-state index contributed by atoms with van der Waals surface area (Å²) in [6.45, 7) is 5.66. The number of rotatable bonds is 7. The minimum Gasteiger partial charge on any atom is -0.353 e. The van der Waals surface area contributed by atoms with Crippen molar-refractivity contribution < 1.29 is 9.59 Å². The van der Waals surface area contributed by atoms with E-state index in [0.29, 0.717) is 25.5 Å². The predicted molar refractivity (Wildman–Crippen MR) is 119 cm³/mol. The zero-order valence-corrected chi connectivity index (χ0v) is 18.2. The molecule has 1 aliphatic rings. The molecule has 7 nitrogen and oxygen atoms in total. The van der Waals surface area contributed by atoms with E-state index in [1.807, 2.05) is 29.2 Å². The Morgan fingerprint density at radius 2 is 2.00 bits per heavy atom. The van der Waals surface area contributed by atoms with Crippen molar-refractivity contribution in [3.8, 4) is 0 Å². The molecule has 27 heavy (non-hydrogen) atoms. The fourth-order valence-corrected chi connectivity index (χ4v) is 2.53. The number of nitrogens with zero attached hydrogens (tertiary/aromatic N) is 3. The Hall–Kier alpha value is -2.10. The van der Waals surface area contributed by atoms with Crippen LogP contribution in [-0.4, -0.2) is 56.4 Å². The molecule has 1 aromatic carbocycles. The van der Waals surface area contributed by atoms with Gasteiger partial charge >= 0.3 is 0 Å². The number of guanidine groups is 1. The van der Waals surface area contributed by atoms with E-state index in [1.54, 1.807) is 20.2 Å². The van der Waals surface area contributed by atoms with Crippen molar-refractivity contribution >= 4 is 47.4 Å². The molecule has 0 aliphatic carbocycles. The van der Waals surface area contributed by atoms with Crippen LogP contribution < -0.4 is 15.5 Å². The van der Waals surface area contributed by atoms with E-state index < -0.39 is 0 Å². The second kappa shape index (κ2) is 11.6. The summed E-state index contributed by atoms with van der Waals surface area (Å²) in [5.41, 5.74) is 1.96. The number of benzene rings is 1. The summed E-state index contributed by atoms with van der Waals surface area (Å²) in [7, 11) is 3.43. The van der Waals surface area contributed by atoms with Crippen LogP contribution in [0.25, 0.3) is 0 Å². The maximum absolute atomic E-state index is 11.8. The summed E-state index contributed by atoms with van der Waals surface area (Å²) in [6, 6.07) is 7.85. The summed E-state index contributed by atoms with van der Waals surface area (Å²) in [6.07, 6.45) is 3.27. The molecule has 1 aromatic rings. The lowest BCUT2D eigenvalue weighted by molar-refractivity contribution is -0.127. The van der Waals surface area contributed by atoms with Gasteiger partial charge in [0.2, 0.25) is 11.8 Å². The largest absolute Gasteiger partial charge is 0.353 e. The van der Waals surface area contributed by atoms with E-state index >= 15 is 0 Å². The molecule has 2 rings (SSSR count). The molecule has 8 heteroatoms. The number of carbonyl (C=O) groups is 2. The highest BCUT2D eigenvalue weighted by molar-refractivity contribution is 14.0. The van der Waals surface area contributed by atoms with Crippen molar-refractivity contribution in [3.63, 3.8) is 0 Å². The molecule has 1 heterocycles. The zero-order chi connectivity index (χ0) is 18.9. The van der Waals surface area contributed by atoms with Gasteiger partial charge in [-0.05, 0) is 24.1 Å². The molecule has 0 spiro atoms. The van der Waals surface area contributed by atoms with Crippen molar-refractivity contribution in [2.24, 2.45) is 4.99 Å². The highest BCUT2D eigenvalue weighted by atomic mass is 127. The third-order valence-electron chi connectivity index (χ3n) is 4.06. The number of nitrogens with one attached hydrogen (secondary N) is 2. The molecule has 1 fully saturated rings. The van der Waals surface area contributed by atoms with Crippen molar-refractivity contribution in [1.29, 1.82) is 0 Å². The first-order valence-electron chi connectivity index (χ1n) is 8.74. The summed E-state index contributed by atoms with van der Waals surface area (Å²) in [4.78, 5) is 31.4. The molecule has 1 aliphatic heterocycles. The number of halogens is 1. The molecule has 0 atom stereocenters. The number of hydrogen-bond donors (Lipinski definition) is 2. The molecule has 2 amide bonds. The molecule has 0 bridgehead atoms. The molecule has 2 N–H and O–H groups in total. The van der Waals surface area contributed by atoms with Crippen molar-refractivity contribution in [2.45, 2.75) is 19.4 Å². The second-order valence-electron chi connectivity index (χ2n) is 6.29. The zero-order valence-electron chi connectivity index (χ0n) is 15.9. The van der Waals surface area contributed by atoms with E-state index in [-0.39, 0.29) is 42.3 Å². The van der Waals surface area contributed by atoms with Gasteiger partial charge in [-0.15, -0.1) is 30.6 Å². The van der Waals surface area contributed by atoms with Crippen molar-refractivity contribution in [1.82, 2.24) is 15.5 Å². The molecular weight excluding hydrogens is 457 g/mol. The number of anilines is 1. The minimum absolute atomic E-state index is 0. The van der Waals surface area contributed by atoms with Crippen LogP contribution in [0, 0.1) is 0 Å². The Morgan fingerprint density at radius 1 is 1.30 bits per heavy atom. The van der Waals surface area contributed by atoms with Crippen LogP contribution in [-0.2, 0) is 16.1 Å². The highest BCUT2D eigenvalue weighted by Crippen LogP contribution is 2.21.